The van der Waals surface area contributed by atoms with Gasteiger partial charge in [-0.05, 0) is 43.7 Å². The molecule has 0 unspecified atom stereocenters. The zero-order chi connectivity index (χ0) is 23.2. The van der Waals surface area contributed by atoms with E-state index in [4.69, 9.17) is 24.9 Å². The SMILES string of the molecule is COc1ccc(NC(=O)c2sc3nc(N4CCOCC4)c4c(c3c2N)CC(C)(C)OC4)cc1. The number of fused-ring (bicyclic) bond motifs is 3. The highest BCUT2D eigenvalue weighted by atomic mass is 32.1. The van der Waals surface area contributed by atoms with Crippen LogP contribution in [0.1, 0.15) is 34.6 Å². The molecular weight excluding hydrogens is 440 g/mol. The Balaban J connectivity index is 1.57. The Morgan fingerprint density at radius 1 is 1.21 bits per heavy atom. The summed E-state index contributed by atoms with van der Waals surface area (Å²) in [5.74, 6) is 1.40. The van der Waals surface area contributed by atoms with E-state index < -0.39 is 0 Å². The van der Waals surface area contributed by atoms with Crippen molar-refractivity contribution in [2.45, 2.75) is 32.5 Å². The lowest BCUT2D eigenvalue weighted by Gasteiger charge is -2.36. The van der Waals surface area contributed by atoms with Crippen molar-refractivity contribution in [1.82, 2.24) is 4.98 Å². The first-order valence-electron chi connectivity index (χ1n) is 11.0. The number of benzene rings is 1. The second-order valence-electron chi connectivity index (χ2n) is 8.92. The molecule has 0 spiro atoms. The molecule has 3 N–H and O–H groups in total. The van der Waals surface area contributed by atoms with Crippen molar-refractivity contribution in [2.24, 2.45) is 0 Å². The molecule has 0 aliphatic carbocycles. The van der Waals surface area contributed by atoms with E-state index in [9.17, 15) is 4.79 Å². The molecule has 0 radical (unpaired) electrons. The zero-order valence-corrected chi connectivity index (χ0v) is 19.9. The van der Waals surface area contributed by atoms with E-state index in [1.807, 2.05) is 0 Å². The first kappa shape index (κ1) is 21.9. The first-order valence-corrected chi connectivity index (χ1v) is 11.8. The Morgan fingerprint density at radius 3 is 2.64 bits per heavy atom. The normalized spacial score (nSPS) is 17.6. The van der Waals surface area contributed by atoms with E-state index in [-0.39, 0.29) is 11.5 Å². The number of anilines is 3. The van der Waals surface area contributed by atoms with E-state index in [0.29, 0.717) is 42.5 Å². The number of morpholine rings is 1. The number of nitrogen functional groups attached to an aromatic ring is 1. The summed E-state index contributed by atoms with van der Waals surface area (Å²) in [6.45, 7) is 7.53. The Labute approximate surface area is 196 Å². The standard InChI is InChI=1S/C24H28N4O4S/c1-24(2)12-16-17(13-32-24)21(28-8-10-31-11-9-28)27-23-18(16)19(25)20(33-23)22(29)26-14-4-6-15(30-3)7-5-14/h4-7H,8-13,25H2,1-3H3,(H,26,29). The molecule has 1 aromatic carbocycles. The third kappa shape index (κ3) is 4.12. The van der Waals surface area contributed by atoms with Gasteiger partial charge in [0, 0.05) is 36.1 Å². The zero-order valence-electron chi connectivity index (χ0n) is 19.1. The summed E-state index contributed by atoms with van der Waals surface area (Å²) in [6, 6.07) is 7.21. The lowest BCUT2D eigenvalue weighted by atomic mass is 9.89. The molecule has 1 saturated heterocycles. The molecule has 1 fully saturated rings. The second kappa shape index (κ2) is 8.48. The molecule has 2 aliphatic heterocycles. The summed E-state index contributed by atoms with van der Waals surface area (Å²) < 4.78 is 16.9. The summed E-state index contributed by atoms with van der Waals surface area (Å²) in [7, 11) is 1.61. The van der Waals surface area contributed by atoms with Crippen molar-refractivity contribution in [2.75, 3.05) is 49.4 Å². The number of pyridine rings is 1. The van der Waals surface area contributed by atoms with Crippen LogP contribution in [0, 0.1) is 0 Å². The molecule has 0 saturated carbocycles. The van der Waals surface area contributed by atoms with Gasteiger partial charge >= 0.3 is 0 Å². The minimum absolute atomic E-state index is 0.242. The van der Waals surface area contributed by atoms with Gasteiger partial charge in [-0.1, -0.05) is 0 Å². The number of nitrogens with one attached hydrogen (secondary N) is 1. The number of methoxy groups -OCH3 is 1. The van der Waals surface area contributed by atoms with Crippen LogP contribution in [-0.2, 0) is 22.5 Å². The van der Waals surface area contributed by atoms with Crippen LogP contribution < -0.4 is 20.7 Å². The molecule has 4 heterocycles. The molecule has 2 aromatic heterocycles. The van der Waals surface area contributed by atoms with Gasteiger partial charge < -0.3 is 30.2 Å². The van der Waals surface area contributed by atoms with E-state index >= 15 is 0 Å². The number of aromatic nitrogens is 1. The topological polar surface area (TPSA) is 98.9 Å². The fourth-order valence-electron chi connectivity index (χ4n) is 4.41. The number of thiophene rings is 1. The molecule has 9 heteroatoms. The average Bonchev–Trinajstić information content (AvgIpc) is 3.15. The van der Waals surface area contributed by atoms with Crippen LogP contribution in [0.2, 0.25) is 0 Å². The average molecular weight is 469 g/mol. The number of hydrogen-bond donors (Lipinski definition) is 2. The van der Waals surface area contributed by atoms with E-state index in [1.165, 1.54) is 11.3 Å². The number of rotatable bonds is 4. The summed E-state index contributed by atoms with van der Waals surface area (Å²) >= 11 is 1.34. The Morgan fingerprint density at radius 2 is 1.94 bits per heavy atom. The van der Waals surface area contributed by atoms with Crippen LogP contribution in [0.5, 0.6) is 5.75 Å². The van der Waals surface area contributed by atoms with Crippen molar-refractivity contribution >= 4 is 44.7 Å². The fraction of sp³-hybridized carbons (Fsp3) is 0.417. The minimum atomic E-state index is -0.316. The van der Waals surface area contributed by atoms with Crippen LogP contribution in [0.4, 0.5) is 17.2 Å². The molecule has 33 heavy (non-hydrogen) atoms. The lowest BCUT2D eigenvalue weighted by molar-refractivity contribution is -0.0396. The highest BCUT2D eigenvalue weighted by Gasteiger charge is 2.34. The van der Waals surface area contributed by atoms with E-state index in [0.717, 1.165) is 46.0 Å². The maximum Gasteiger partial charge on any atom is 0.267 e. The van der Waals surface area contributed by atoms with Crippen molar-refractivity contribution in [3.8, 4) is 5.75 Å². The first-order chi connectivity index (χ1) is 15.9. The predicted molar refractivity (Wildman–Crippen MR) is 131 cm³/mol. The molecule has 0 bridgehead atoms. The van der Waals surface area contributed by atoms with Gasteiger partial charge in [-0.2, -0.15) is 0 Å². The summed E-state index contributed by atoms with van der Waals surface area (Å²) in [4.78, 5) is 21.6. The highest BCUT2D eigenvalue weighted by molar-refractivity contribution is 7.21. The number of ether oxygens (including phenoxy) is 3. The Hall–Kier alpha value is -2.88. The largest absolute Gasteiger partial charge is 0.497 e. The molecule has 1 amide bonds. The lowest BCUT2D eigenvalue weighted by Crippen LogP contribution is -2.39. The number of amides is 1. The van der Waals surface area contributed by atoms with E-state index in [1.54, 1.807) is 31.4 Å². The van der Waals surface area contributed by atoms with Gasteiger partial charge in [-0.15, -0.1) is 11.3 Å². The summed E-state index contributed by atoms with van der Waals surface area (Å²) in [5.41, 5.74) is 9.64. The Kier molecular flexibility index (Phi) is 5.64. The highest BCUT2D eigenvalue weighted by Crippen LogP contribution is 2.43. The molecule has 8 nitrogen and oxygen atoms in total. The third-order valence-corrected chi connectivity index (χ3v) is 7.24. The van der Waals surface area contributed by atoms with Gasteiger partial charge in [0.25, 0.3) is 5.91 Å². The van der Waals surface area contributed by atoms with Gasteiger partial charge in [0.2, 0.25) is 0 Å². The second-order valence-corrected chi connectivity index (χ2v) is 9.92. The van der Waals surface area contributed by atoms with Crippen LogP contribution >= 0.6 is 11.3 Å². The number of nitrogens with zero attached hydrogens (tertiary/aromatic N) is 2. The van der Waals surface area contributed by atoms with Crippen molar-refractivity contribution in [1.29, 1.82) is 0 Å². The maximum atomic E-state index is 13.1. The Bertz CT molecular complexity index is 1200. The van der Waals surface area contributed by atoms with Crippen LogP contribution in [0.3, 0.4) is 0 Å². The monoisotopic (exact) mass is 468 g/mol. The maximum absolute atomic E-state index is 13.1. The number of carbonyl (C=O) groups is 1. The molecule has 3 aromatic rings. The molecular formula is C24H28N4O4S. The predicted octanol–water partition coefficient (Wildman–Crippen LogP) is 3.83. The van der Waals surface area contributed by atoms with Crippen molar-refractivity contribution < 1.29 is 19.0 Å². The van der Waals surface area contributed by atoms with Crippen molar-refractivity contribution in [3.05, 3.63) is 40.3 Å². The number of hydrogen-bond acceptors (Lipinski definition) is 8. The number of nitrogens with two attached hydrogens (primary N) is 1. The van der Waals surface area contributed by atoms with Gasteiger partial charge in [0.1, 0.15) is 21.3 Å². The summed E-state index contributed by atoms with van der Waals surface area (Å²) in [6.07, 6.45) is 0.708. The third-order valence-electron chi connectivity index (χ3n) is 6.14. The molecule has 174 valence electrons. The summed E-state index contributed by atoms with van der Waals surface area (Å²) in [5, 5.41) is 3.82. The molecule has 2 aliphatic rings. The van der Waals surface area contributed by atoms with Gasteiger partial charge in [0.15, 0.2) is 0 Å². The van der Waals surface area contributed by atoms with Gasteiger partial charge in [0.05, 0.1) is 38.2 Å². The smallest absolute Gasteiger partial charge is 0.267 e. The molecule has 5 rings (SSSR count). The minimum Gasteiger partial charge on any atom is -0.497 e. The van der Waals surface area contributed by atoms with Crippen molar-refractivity contribution in [3.63, 3.8) is 0 Å². The van der Waals surface area contributed by atoms with Gasteiger partial charge in [-0.3, -0.25) is 4.79 Å². The molecule has 0 atom stereocenters. The number of carbonyl (C=O) groups excluding carboxylic acids is 1. The fourth-order valence-corrected chi connectivity index (χ4v) is 5.43. The quantitative estimate of drug-likeness (QED) is 0.600. The van der Waals surface area contributed by atoms with Gasteiger partial charge in [-0.25, -0.2) is 4.98 Å². The van der Waals surface area contributed by atoms with E-state index in [2.05, 4.69) is 24.1 Å². The van der Waals surface area contributed by atoms with Crippen LogP contribution in [-0.4, -0.2) is 49.9 Å². The van der Waals surface area contributed by atoms with Crippen LogP contribution in [0.15, 0.2) is 24.3 Å². The van der Waals surface area contributed by atoms with Crippen LogP contribution in [0.25, 0.3) is 10.2 Å².